The molecule has 2 aliphatic heterocycles. The highest BCUT2D eigenvalue weighted by Crippen LogP contribution is 2.46. The Morgan fingerprint density at radius 1 is 1.31 bits per heavy atom. The molecule has 6 rings (SSSR count). The quantitative estimate of drug-likeness (QED) is 0.469. The van der Waals surface area contributed by atoms with E-state index in [0.29, 0.717) is 27.7 Å². The van der Waals surface area contributed by atoms with Gasteiger partial charge in [0, 0.05) is 18.7 Å². The predicted molar refractivity (Wildman–Crippen MR) is 140 cm³/mol. The highest BCUT2D eigenvalue weighted by Gasteiger charge is 2.34. The summed E-state index contributed by atoms with van der Waals surface area (Å²) in [5.41, 5.74) is 2.84. The molecule has 3 aliphatic rings. The number of thiophene rings is 1. The molecule has 0 spiro atoms. The van der Waals surface area contributed by atoms with Crippen LogP contribution in [0.3, 0.4) is 0 Å². The van der Waals surface area contributed by atoms with E-state index in [1.165, 1.54) is 11.3 Å². The first-order chi connectivity index (χ1) is 17.5. The molecule has 0 radical (unpaired) electrons. The van der Waals surface area contributed by atoms with Crippen molar-refractivity contribution in [2.45, 2.75) is 32.7 Å². The second kappa shape index (κ2) is 9.07. The largest absolute Gasteiger partial charge is 0.461 e. The molecule has 184 valence electrons. The molecule has 0 bridgehead atoms. The third-order valence-corrected chi connectivity index (χ3v) is 7.80. The number of aromatic nitrogens is 1. The molecule has 2 N–H and O–H groups in total. The lowest BCUT2D eigenvalue weighted by Gasteiger charge is -2.30. The van der Waals surface area contributed by atoms with Crippen LogP contribution < -0.4 is 20.3 Å². The van der Waals surface area contributed by atoms with Crippen LogP contribution >= 0.6 is 11.3 Å². The average molecular weight is 503 g/mol. The molecule has 1 aliphatic carbocycles. The van der Waals surface area contributed by atoms with Crippen LogP contribution in [0.25, 0.3) is 10.2 Å². The minimum absolute atomic E-state index is 0.0333. The van der Waals surface area contributed by atoms with Gasteiger partial charge < -0.3 is 20.1 Å². The van der Waals surface area contributed by atoms with Gasteiger partial charge >= 0.3 is 6.03 Å². The highest BCUT2D eigenvalue weighted by atomic mass is 32.1. The number of hydrogen-bond acceptors (Lipinski definition) is 6. The normalized spacial score (nSPS) is 20.9. The van der Waals surface area contributed by atoms with Crippen molar-refractivity contribution in [3.63, 3.8) is 0 Å². The third-order valence-electron chi connectivity index (χ3n) is 6.70. The van der Waals surface area contributed by atoms with Crippen molar-refractivity contribution in [1.82, 2.24) is 10.3 Å². The van der Waals surface area contributed by atoms with Crippen molar-refractivity contribution >= 4 is 50.6 Å². The molecular formula is C27H26N4O4S. The van der Waals surface area contributed by atoms with Crippen LogP contribution in [0.4, 0.5) is 21.9 Å². The van der Waals surface area contributed by atoms with E-state index in [2.05, 4.69) is 28.6 Å². The summed E-state index contributed by atoms with van der Waals surface area (Å²) in [7, 11) is 0. The van der Waals surface area contributed by atoms with Crippen LogP contribution in [0.15, 0.2) is 54.4 Å². The van der Waals surface area contributed by atoms with Crippen LogP contribution in [0, 0.1) is 12.8 Å². The SMILES string of the molecule is Cc1cc(OC2=CC=CC2C)ccc1N1C(=O)Nc2c(C(=O)NC3CCCOC3)sc3nccc1c23. The lowest BCUT2D eigenvalue weighted by Crippen LogP contribution is -2.41. The van der Waals surface area contributed by atoms with Gasteiger partial charge in [0.1, 0.15) is 21.2 Å². The Bertz CT molecular complexity index is 1440. The van der Waals surface area contributed by atoms with Crippen molar-refractivity contribution < 1.29 is 19.1 Å². The molecule has 1 fully saturated rings. The number of rotatable bonds is 5. The Balaban J connectivity index is 1.33. The summed E-state index contributed by atoms with van der Waals surface area (Å²) in [6, 6.07) is 7.15. The number of carbonyl (C=O) groups excluding carboxylic acids is 2. The topological polar surface area (TPSA) is 92.8 Å². The number of anilines is 3. The maximum atomic E-state index is 13.4. The second-order valence-corrected chi connectivity index (χ2v) is 10.3. The second-order valence-electron chi connectivity index (χ2n) is 9.26. The van der Waals surface area contributed by atoms with Gasteiger partial charge in [-0.15, -0.1) is 11.3 Å². The number of ether oxygens (including phenoxy) is 2. The van der Waals surface area contributed by atoms with Crippen molar-refractivity contribution in [3.05, 3.63) is 64.9 Å². The Morgan fingerprint density at radius 3 is 2.94 bits per heavy atom. The van der Waals surface area contributed by atoms with Crippen molar-refractivity contribution in [2.24, 2.45) is 5.92 Å². The summed E-state index contributed by atoms with van der Waals surface area (Å²) in [5, 5.41) is 6.78. The van der Waals surface area contributed by atoms with Crippen molar-refractivity contribution in [3.8, 4) is 5.75 Å². The number of benzene rings is 1. The van der Waals surface area contributed by atoms with Gasteiger partial charge in [0.05, 0.1) is 35.1 Å². The molecular weight excluding hydrogens is 476 g/mol. The molecule has 2 unspecified atom stereocenters. The van der Waals surface area contributed by atoms with Gasteiger partial charge in [0.15, 0.2) is 0 Å². The molecule has 9 heteroatoms. The molecule has 0 saturated carbocycles. The number of urea groups is 1. The molecule has 2 aromatic heterocycles. The van der Waals surface area contributed by atoms with Crippen LogP contribution in [0.5, 0.6) is 5.75 Å². The summed E-state index contributed by atoms with van der Waals surface area (Å²) in [6.45, 7) is 5.26. The number of allylic oxidation sites excluding steroid dienone is 3. The van der Waals surface area contributed by atoms with E-state index >= 15 is 0 Å². The Labute approximate surface area is 212 Å². The van der Waals surface area contributed by atoms with E-state index in [-0.39, 0.29) is 23.9 Å². The summed E-state index contributed by atoms with van der Waals surface area (Å²) in [6.07, 6.45) is 9.50. The van der Waals surface area contributed by atoms with Gasteiger partial charge in [-0.25, -0.2) is 9.78 Å². The molecule has 1 saturated heterocycles. The van der Waals surface area contributed by atoms with Gasteiger partial charge in [-0.3, -0.25) is 9.69 Å². The smallest absolute Gasteiger partial charge is 0.331 e. The lowest BCUT2D eigenvalue weighted by atomic mass is 10.1. The molecule has 36 heavy (non-hydrogen) atoms. The molecule has 3 aromatic rings. The fourth-order valence-corrected chi connectivity index (χ4v) is 5.88. The van der Waals surface area contributed by atoms with Crippen LogP contribution in [0.2, 0.25) is 0 Å². The van der Waals surface area contributed by atoms with Gasteiger partial charge in [-0.1, -0.05) is 19.1 Å². The zero-order valence-corrected chi connectivity index (χ0v) is 20.9. The number of hydrogen-bond donors (Lipinski definition) is 2. The Hall–Kier alpha value is -3.69. The van der Waals surface area contributed by atoms with E-state index < -0.39 is 0 Å². The van der Waals surface area contributed by atoms with Gasteiger partial charge in [-0.2, -0.15) is 0 Å². The fourth-order valence-electron chi connectivity index (χ4n) is 4.86. The fraction of sp³-hybridized carbons (Fsp3) is 0.296. The van der Waals surface area contributed by atoms with E-state index in [4.69, 9.17) is 9.47 Å². The summed E-state index contributed by atoms with van der Waals surface area (Å²) >= 11 is 1.29. The number of aryl methyl sites for hydroxylation is 1. The first-order valence-electron chi connectivity index (χ1n) is 12.1. The zero-order chi connectivity index (χ0) is 24.8. The number of amides is 3. The number of carbonyl (C=O) groups is 2. The van der Waals surface area contributed by atoms with Gasteiger partial charge in [-0.05, 0) is 55.7 Å². The molecule has 4 heterocycles. The van der Waals surface area contributed by atoms with Crippen molar-refractivity contribution in [1.29, 1.82) is 0 Å². The summed E-state index contributed by atoms with van der Waals surface area (Å²) in [5.74, 6) is 1.63. The molecule has 2 atom stereocenters. The van der Waals surface area contributed by atoms with Gasteiger partial charge in [0.2, 0.25) is 0 Å². The van der Waals surface area contributed by atoms with Crippen LogP contribution in [-0.2, 0) is 4.74 Å². The minimum atomic E-state index is -0.323. The minimum Gasteiger partial charge on any atom is -0.461 e. The van der Waals surface area contributed by atoms with Gasteiger partial charge in [0.25, 0.3) is 5.91 Å². The summed E-state index contributed by atoms with van der Waals surface area (Å²) < 4.78 is 11.6. The highest BCUT2D eigenvalue weighted by molar-refractivity contribution is 7.21. The monoisotopic (exact) mass is 502 g/mol. The van der Waals surface area contributed by atoms with E-state index in [9.17, 15) is 9.59 Å². The number of pyridine rings is 1. The maximum Gasteiger partial charge on any atom is 0.331 e. The van der Waals surface area contributed by atoms with Crippen molar-refractivity contribution in [2.75, 3.05) is 23.4 Å². The summed E-state index contributed by atoms with van der Waals surface area (Å²) in [4.78, 5) is 33.8. The first-order valence-corrected chi connectivity index (χ1v) is 12.9. The standard InChI is InChI=1S/C27H26N4O4S/c1-15-5-3-7-21(15)35-18-8-9-19(16(2)13-18)31-20-10-11-28-26-22(20)23(30-27(31)33)24(36-26)25(32)29-17-6-4-12-34-14-17/h3,5,7-11,13,15,17H,4,6,12,14H2,1-2H3,(H,29,32)(H,30,33). The molecule has 3 amide bonds. The predicted octanol–water partition coefficient (Wildman–Crippen LogP) is 5.67. The van der Waals surface area contributed by atoms with Crippen LogP contribution in [-0.4, -0.2) is 36.2 Å². The van der Waals surface area contributed by atoms with E-state index in [0.717, 1.165) is 47.6 Å². The third kappa shape index (κ3) is 3.94. The van der Waals surface area contributed by atoms with E-state index in [1.807, 2.05) is 43.3 Å². The van der Waals surface area contributed by atoms with E-state index in [1.54, 1.807) is 11.1 Å². The van der Waals surface area contributed by atoms with Crippen LogP contribution in [0.1, 0.15) is 35.0 Å². The Morgan fingerprint density at radius 2 is 2.19 bits per heavy atom. The zero-order valence-electron chi connectivity index (χ0n) is 20.0. The first kappa shape index (κ1) is 22.8. The number of nitrogens with one attached hydrogen (secondary N) is 2. The lowest BCUT2D eigenvalue weighted by molar-refractivity contribution is 0.0626. The Kier molecular flexibility index (Phi) is 5.73. The molecule has 1 aromatic carbocycles. The maximum absolute atomic E-state index is 13.4. The number of nitrogens with zero attached hydrogens (tertiary/aromatic N) is 2. The average Bonchev–Trinajstić information content (AvgIpc) is 3.45. The molecule has 8 nitrogen and oxygen atoms in total.